The molecule has 2 rings (SSSR count). The SMILES string of the molecule is CCN(CC)CCOc1cc(NC(=O)COCc2ccccc2Cl)ccc1OC. The number of halogens is 1. The molecule has 0 aliphatic heterocycles. The lowest BCUT2D eigenvalue weighted by Crippen LogP contribution is -2.28. The fourth-order valence-corrected chi connectivity index (χ4v) is 2.95. The predicted octanol–water partition coefficient (Wildman–Crippen LogP) is 4.22. The van der Waals surface area contributed by atoms with Gasteiger partial charge in [0.05, 0.1) is 13.7 Å². The van der Waals surface area contributed by atoms with Crippen molar-refractivity contribution in [2.75, 3.05) is 45.3 Å². The van der Waals surface area contributed by atoms with Crippen molar-refractivity contribution in [2.45, 2.75) is 20.5 Å². The Morgan fingerprint density at radius 2 is 1.86 bits per heavy atom. The molecule has 0 spiro atoms. The van der Waals surface area contributed by atoms with Crippen LogP contribution in [0.4, 0.5) is 5.69 Å². The lowest BCUT2D eigenvalue weighted by Gasteiger charge is -2.19. The number of hydrogen-bond donors (Lipinski definition) is 1. The minimum absolute atomic E-state index is 0.0740. The summed E-state index contributed by atoms with van der Waals surface area (Å²) in [6.45, 7) is 7.74. The fourth-order valence-electron chi connectivity index (χ4n) is 2.76. The molecule has 0 fully saturated rings. The van der Waals surface area contributed by atoms with Crippen LogP contribution in [0.5, 0.6) is 11.5 Å². The van der Waals surface area contributed by atoms with Crippen LogP contribution >= 0.6 is 11.6 Å². The summed E-state index contributed by atoms with van der Waals surface area (Å²) >= 11 is 6.09. The van der Waals surface area contributed by atoms with Crippen molar-refractivity contribution in [3.05, 3.63) is 53.1 Å². The van der Waals surface area contributed by atoms with Crippen molar-refractivity contribution in [3.8, 4) is 11.5 Å². The van der Waals surface area contributed by atoms with Crippen LogP contribution in [0.25, 0.3) is 0 Å². The van der Waals surface area contributed by atoms with E-state index in [9.17, 15) is 4.79 Å². The Balaban J connectivity index is 1.87. The molecule has 0 unspecified atom stereocenters. The number of benzene rings is 2. The van der Waals surface area contributed by atoms with Crippen LogP contribution in [0.3, 0.4) is 0 Å². The first-order chi connectivity index (χ1) is 14.1. The third kappa shape index (κ3) is 7.57. The maximum atomic E-state index is 12.2. The van der Waals surface area contributed by atoms with Gasteiger partial charge in [-0.05, 0) is 36.9 Å². The van der Waals surface area contributed by atoms with Crippen molar-refractivity contribution in [3.63, 3.8) is 0 Å². The molecule has 0 aromatic heterocycles. The van der Waals surface area contributed by atoms with Crippen LogP contribution in [0.2, 0.25) is 5.02 Å². The Morgan fingerprint density at radius 1 is 1.10 bits per heavy atom. The Bertz CT molecular complexity index is 781. The minimum atomic E-state index is -0.253. The standard InChI is InChI=1S/C22H29ClN2O4/c1-4-25(5-2)12-13-29-21-14-18(10-11-20(21)27-3)24-22(26)16-28-15-17-8-6-7-9-19(17)23/h6-11,14H,4-5,12-13,15-16H2,1-3H3,(H,24,26). The molecule has 0 aliphatic carbocycles. The summed E-state index contributed by atoms with van der Waals surface area (Å²) < 4.78 is 16.7. The highest BCUT2D eigenvalue weighted by molar-refractivity contribution is 6.31. The van der Waals surface area contributed by atoms with Crippen LogP contribution in [0.15, 0.2) is 42.5 Å². The Kier molecular flexibility index (Phi) is 9.77. The number of rotatable bonds is 12. The van der Waals surface area contributed by atoms with Crippen LogP contribution in [-0.2, 0) is 16.1 Å². The van der Waals surface area contributed by atoms with E-state index < -0.39 is 0 Å². The Morgan fingerprint density at radius 3 is 2.55 bits per heavy atom. The summed E-state index contributed by atoms with van der Waals surface area (Å²) in [4.78, 5) is 14.5. The highest BCUT2D eigenvalue weighted by Gasteiger charge is 2.10. The van der Waals surface area contributed by atoms with E-state index in [2.05, 4.69) is 24.1 Å². The van der Waals surface area contributed by atoms with Gasteiger partial charge < -0.3 is 24.4 Å². The zero-order valence-electron chi connectivity index (χ0n) is 17.2. The number of hydrogen-bond acceptors (Lipinski definition) is 5. The number of carbonyl (C=O) groups is 1. The summed E-state index contributed by atoms with van der Waals surface area (Å²) in [5, 5.41) is 3.43. The van der Waals surface area contributed by atoms with E-state index in [4.69, 9.17) is 25.8 Å². The molecule has 0 bridgehead atoms. The van der Waals surface area contributed by atoms with E-state index in [-0.39, 0.29) is 19.1 Å². The molecular formula is C22H29ClN2O4. The Hall–Kier alpha value is -2.28. The lowest BCUT2D eigenvalue weighted by molar-refractivity contribution is -0.121. The maximum absolute atomic E-state index is 12.2. The normalized spacial score (nSPS) is 10.8. The summed E-state index contributed by atoms with van der Waals surface area (Å²) in [7, 11) is 1.59. The zero-order valence-corrected chi connectivity index (χ0v) is 18.0. The molecule has 29 heavy (non-hydrogen) atoms. The molecule has 158 valence electrons. The fraction of sp³-hybridized carbons (Fsp3) is 0.409. The van der Waals surface area contributed by atoms with Gasteiger partial charge >= 0.3 is 0 Å². The van der Waals surface area contributed by atoms with Crippen molar-refractivity contribution in [2.24, 2.45) is 0 Å². The molecule has 2 aromatic carbocycles. The minimum Gasteiger partial charge on any atom is -0.493 e. The third-order valence-electron chi connectivity index (χ3n) is 4.46. The van der Waals surface area contributed by atoms with Crippen LogP contribution < -0.4 is 14.8 Å². The van der Waals surface area contributed by atoms with Crippen molar-refractivity contribution in [1.82, 2.24) is 4.90 Å². The van der Waals surface area contributed by atoms with E-state index in [0.29, 0.717) is 28.8 Å². The van der Waals surface area contributed by atoms with E-state index >= 15 is 0 Å². The second-order valence-electron chi connectivity index (χ2n) is 6.37. The molecular weight excluding hydrogens is 392 g/mol. The smallest absolute Gasteiger partial charge is 0.250 e. The van der Waals surface area contributed by atoms with Crippen LogP contribution in [0.1, 0.15) is 19.4 Å². The van der Waals surface area contributed by atoms with Crippen molar-refractivity contribution in [1.29, 1.82) is 0 Å². The van der Waals surface area contributed by atoms with Gasteiger partial charge in [0.1, 0.15) is 13.2 Å². The van der Waals surface area contributed by atoms with Gasteiger partial charge in [0.2, 0.25) is 5.91 Å². The summed E-state index contributed by atoms with van der Waals surface area (Å²) in [6.07, 6.45) is 0. The molecule has 0 heterocycles. The first-order valence-corrected chi connectivity index (χ1v) is 10.1. The average molecular weight is 421 g/mol. The largest absolute Gasteiger partial charge is 0.493 e. The van der Waals surface area contributed by atoms with Gasteiger partial charge in [-0.25, -0.2) is 0 Å². The summed E-state index contributed by atoms with van der Waals surface area (Å²) in [6, 6.07) is 12.7. The quantitative estimate of drug-likeness (QED) is 0.557. The van der Waals surface area contributed by atoms with Gasteiger partial charge in [-0.1, -0.05) is 43.6 Å². The van der Waals surface area contributed by atoms with E-state index in [0.717, 1.165) is 25.2 Å². The number of likely N-dealkylation sites (N-methyl/N-ethyl adjacent to an activating group) is 1. The molecule has 0 saturated carbocycles. The highest BCUT2D eigenvalue weighted by Crippen LogP contribution is 2.30. The number of nitrogens with one attached hydrogen (secondary N) is 1. The van der Waals surface area contributed by atoms with Gasteiger partial charge in [0.25, 0.3) is 0 Å². The van der Waals surface area contributed by atoms with Crippen molar-refractivity contribution < 1.29 is 19.0 Å². The topological polar surface area (TPSA) is 60.0 Å². The first kappa shape index (κ1) is 23.0. The molecule has 1 amide bonds. The van der Waals surface area contributed by atoms with Gasteiger partial charge in [0.15, 0.2) is 11.5 Å². The van der Waals surface area contributed by atoms with E-state index in [1.54, 1.807) is 31.4 Å². The monoisotopic (exact) mass is 420 g/mol. The molecule has 0 aliphatic rings. The molecule has 0 atom stereocenters. The number of carbonyl (C=O) groups excluding carboxylic acids is 1. The number of methoxy groups -OCH3 is 1. The third-order valence-corrected chi connectivity index (χ3v) is 4.82. The Labute approximate surface area is 177 Å². The summed E-state index contributed by atoms with van der Waals surface area (Å²) in [5.41, 5.74) is 1.46. The second kappa shape index (κ2) is 12.3. The number of amides is 1. The number of anilines is 1. The molecule has 0 saturated heterocycles. The maximum Gasteiger partial charge on any atom is 0.250 e. The zero-order chi connectivity index (χ0) is 21.1. The molecule has 1 N–H and O–H groups in total. The first-order valence-electron chi connectivity index (χ1n) is 9.71. The van der Waals surface area contributed by atoms with Crippen LogP contribution in [0, 0.1) is 0 Å². The van der Waals surface area contributed by atoms with E-state index in [1.165, 1.54) is 0 Å². The molecule has 7 heteroatoms. The molecule has 6 nitrogen and oxygen atoms in total. The second-order valence-corrected chi connectivity index (χ2v) is 6.78. The van der Waals surface area contributed by atoms with Crippen LogP contribution in [-0.4, -0.2) is 50.8 Å². The summed E-state index contributed by atoms with van der Waals surface area (Å²) in [5.74, 6) is 0.961. The average Bonchev–Trinajstić information content (AvgIpc) is 2.73. The number of nitrogens with zero attached hydrogens (tertiary/aromatic N) is 1. The van der Waals surface area contributed by atoms with Crippen molar-refractivity contribution >= 4 is 23.2 Å². The number of ether oxygens (including phenoxy) is 3. The van der Waals surface area contributed by atoms with Gasteiger partial charge in [-0.2, -0.15) is 0 Å². The predicted molar refractivity (Wildman–Crippen MR) is 116 cm³/mol. The lowest BCUT2D eigenvalue weighted by atomic mass is 10.2. The molecule has 0 radical (unpaired) electrons. The van der Waals surface area contributed by atoms with Gasteiger partial charge in [-0.15, -0.1) is 0 Å². The van der Waals surface area contributed by atoms with Gasteiger partial charge in [-0.3, -0.25) is 4.79 Å². The molecule has 2 aromatic rings. The van der Waals surface area contributed by atoms with E-state index in [1.807, 2.05) is 18.2 Å². The van der Waals surface area contributed by atoms with Gasteiger partial charge in [0, 0.05) is 23.3 Å². The highest BCUT2D eigenvalue weighted by atomic mass is 35.5.